The molecule has 0 saturated heterocycles. The van der Waals surface area contributed by atoms with Crippen LogP contribution in [0.5, 0.6) is 0 Å². The first-order valence-electron chi connectivity index (χ1n) is 7.06. The molecule has 0 saturated carbocycles. The van der Waals surface area contributed by atoms with Crippen molar-refractivity contribution in [2.24, 2.45) is 4.99 Å². The van der Waals surface area contributed by atoms with Crippen molar-refractivity contribution in [2.45, 2.75) is 20.0 Å². The predicted molar refractivity (Wildman–Crippen MR) is 102 cm³/mol. The number of pyridine rings is 1. The highest BCUT2D eigenvalue weighted by molar-refractivity contribution is 14.0. The second-order valence-corrected chi connectivity index (χ2v) is 5.18. The third kappa shape index (κ3) is 6.01. The van der Waals surface area contributed by atoms with Crippen LogP contribution in [0, 0.1) is 6.92 Å². The molecule has 0 aliphatic rings. The second kappa shape index (κ2) is 9.40. The molecule has 118 valence electrons. The molecule has 2 aromatic rings. The van der Waals surface area contributed by atoms with Crippen LogP contribution in [0.15, 0.2) is 53.7 Å². The maximum Gasteiger partial charge on any atom is 0.194 e. The van der Waals surface area contributed by atoms with Gasteiger partial charge in [-0.2, -0.15) is 0 Å². The zero-order valence-corrected chi connectivity index (χ0v) is 15.6. The Labute approximate surface area is 149 Å². The fourth-order valence-electron chi connectivity index (χ4n) is 1.89. The fourth-order valence-corrected chi connectivity index (χ4v) is 1.89. The molecular formula is C17H23IN4. The Balaban J connectivity index is 0.00000242. The Bertz CT molecular complexity index is 579. The van der Waals surface area contributed by atoms with E-state index in [0.29, 0.717) is 6.54 Å². The van der Waals surface area contributed by atoms with Crippen LogP contribution in [0.4, 0.5) is 0 Å². The van der Waals surface area contributed by atoms with Crippen molar-refractivity contribution in [3.63, 3.8) is 0 Å². The summed E-state index contributed by atoms with van der Waals surface area (Å²) in [7, 11) is 3.98. The summed E-state index contributed by atoms with van der Waals surface area (Å²) in [6.45, 7) is 3.38. The molecule has 0 amide bonds. The van der Waals surface area contributed by atoms with E-state index in [1.54, 1.807) is 0 Å². The minimum Gasteiger partial charge on any atom is -0.352 e. The molecule has 0 atom stereocenters. The Kier molecular flexibility index (Phi) is 7.87. The van der Waals surface area contributed by atoms with E-state index in [0.717, 1.165) is 23.8 Å². The van der Waals surface area contributed by atoms with Gasteiger partial charge in [-0.15, -0.1) is 24.0 Å². The maximum atomic E-state index is 4.63. The summed E-state index contributed by atoms with van der Waals surface area (Å²) in [5.41, 5.74) is 3.38. The Morgan fingerprint density at radius 3 is 2.41 bits per heavy atom. The number of hydrogen-bond donors (Lipinski definition) is 1. The van der Waals surface area contributed by atoms with Crippen molar-refractivity contribution in [3.05, 3.63) is 65.5 Å². The van der Waals surface area contributed by atoms with Crippen molar-refractivity contribution in [1.82, 2.24) is 15.2 Å². The molecular weight excluding hydrogens is 387 g/mol. The van der Waals surface area contributed by atoms with Gasteiger partial charge in [-0.05, 0) is 24.1 Å². The molecule has 4 nitrogen and oxygen atoms in total. The van der Waals surface area contributed by atoms with Crippen molar-refractivity contribution in [1.29, 1.82) is 0 Å². The number of nitrogens with zero attached hydrogens (tertiary/aromatic N) is 3. The number of hydrogen-bond acceptors (Lipinski definition) is 2. The van der Waals surface area contributed by atoms with Gasteiger partial charge < -0.3 is 10.2 Å². The summed E-state index contributed by atoms with van der Waals surface area (Å²) < 4.78 is 0. The van der Waals surface area contributed by atoms with Crippen LogP contribution in [-0.4, -0.2) is 29.9 Å². The van der Waals surface area contributed by atoms with Gasteiger partial charge >= 0.3 is 0 Å². The summed E-state index contributed by atoms with van der Waals surface area (Å²) in [6, 6.07) is 14.4. The number of aryl methyl sites for hydroxylation is 1. The maximum absolute atomic E-state index is 4.63. The number of benzene rings is 1. The number of guanidine groups is 1. The molecule has 0 unspecified atom stereocenters. The van der Waals surface area contributed by atoms with Crippen LogP contribution in [0.1, 0.15) is 16.8 Å². The highest BCUT2D eigenvalue weighted by atomic mass is 127. The summed E-state index contributed by atoms with van der Waals surface area (Å²) in [5, 5.41) is 3.37. The molecule has 0 bridgehead atoms. The number of aliphatic imine (C=N–C) groups is 1. The van der Waals surface area contributed by atoms with Gasteiger partial charge in [0.2, 0.25) is 0 Å². The van der Waals surface area contributed by atoms with Crippen molar-refractivity contribution >= 4 is 29.9 Å². The Morgan fingerprint density at radius 1 is 1.09 bits per heavy atom. The fraction of sp³-hybridized carbons (Fsp3) is 0.294. The van der Waals surface area contributed by atoms with Crippen LogP contribution in [0.25, 0.3) is 0 Å². The predicted octanol–water partition coefficient (Wildman–Crippen LogP) is 3.22. The van der Waals surface area contributed by atoms with E-state index >= 15 is 0 Å². The van der Waals surface area contributed by atoms with Crippen LogP contribution < -0.4 is 5.32 Å². The van der Waals surface area contributed by atoms with Crippen LogP contribution in [-0.2, 0) is 13.1 Å². The van der Waals surface area contributed by atoms with Gasteiger partial charge in [0, 0.05) is 32.5 Å². The van der Waals surface area contributed by atoms with Crippen LogP contribution >= 0.6 is 24.0 Å². The molecule has 0 aliphatic carbocycles. The lowest BCUT2D eigenvalue weighted by Gasteiger charge is -2.17. The zero-order valence-electron chi connectivity index (χ0n) is 13.3. The van der Waals surface area contributed by atoms with Gasteiger partial charge in [-0.25, -0.2) is 4.99 Å². The molecule has 0 fully saturated rings. The number of aromatic nitrogens is 1. The largest absolute Gasteiger partial charge is 0.352 e. The van der Waals surface area contributed by atoms with Crippen LogP contribution in [0.3, 0.4) is 0 Å². The molecule has 5 heteroatoms. The van der Waals surface area contributed by atoms with E-state index in [1.165, 1.54) is 5.56 Å². The number of rotatable bonds is 4. The highest BCUT2D eigenvalue weighted by Gasteiger charge is 2.02. The first-order chi connectivity index (χ1) is 10.1. The van der Waals surface area contributed by atoms with E-state index < -0.39 is 0 Å². The molecule has 0 spiro atoms. The minimum absolute atomic E-state index is 0. The van der Waals surface area contributed by atoms with Gasteiger partial charge in [0.1, 0.15) is 0 Å². The molecule has 0 radical (unpaired) electrons. The summed E-state index contributed by atoms with van der Waals surface area (Å²) in [4.78, 5) is 10.9. The molecule has 1 aromatic heterocycles. The van der Waals surface area contributed by atoms with Crippen molar-refractivity contribution in [2.75, 3.05) is 14.1 Å². The Morgan fingerprint density at radius 2 is 1.82 bits per heavy atom. The standard InChI is InChI=1S/C17H22N4.HI/c1-14-9-10-16(12-18-14)13-20-17(21(2)3)19-11-15-7-5-4-6-8-15;/h4-10,12H,11,13H2,1-3H3,(H,19,20);1H. The quantitative estimate of drug-likeness (QED) is 0.478. The van der Waals surface area contributed by atoms with Gasteiger partial charge in [0.15, 0.2) is 5.96 Å². The van der Waals surface area contributed by atoms with Crippen LogP contribution in [0.2, 0.25) is 0 Å². The third-order valence-electron chi connectivity index (χ3n) is 3.10. The highest BCUT2D eigenvalue weighted by Crippen LogP contribution is 2.02. The number of nitrogens with one attached hydrogen (secondary N) is 1. The lowest BCUT2D eigenvalue weighted by atomic mass is 10.2. The zero-order chi connectivity index (χ0) is 15.1. The second-order valence-electron chi connectivity index (χ2n) is 5.18. The van der Waals surface area contributed by atoms with E-state index in [9.17, 15) is 0 Å². The van der Waals surface area contributed by atoms with Gasteiger partial charge in [-0.1, -0.05) is 36.4 Å². The minimum atomic E-state index is 0. The first kappa shape index (κ1) is 18.4. The lowest BCUT2D eigenvalue weighted by molar-refractivity contribution is 0.578. The SMILES string of the molecule is Cc1ccc(CN=C(NCc2ccccc2)N(C)C)cn1.I. The lowest BCUT2D eigenvalue weighted by Crippen LogP contribution is -2.36. The molecule has 0 aliphatic heterocycles. The van der Waals surface area contributed by atoms with Gasteiger partial charge in [0.05, 0.1) is 6.54 Å². The molecule has 1 aromatic carbocycles. The van der Waals surface area contributed by atoms with Gasteiger partial charge in [0.25, 0.3) is 0 Å². The summed E-state index contributed by atoms with van der Waals surface area (Å²) in [5.74, 6) is 0.874. The van der Waals surface area contributed by atoms with Crippen molar-refractivity contribution < 1.29 is 0 Å². The average Bonchev–Trinajstić information content (AvgIpc) is 2.49. The normalized spacial score (nSPS) is 10.8. The Hall–Kier alpha value is -1.63. The topological polar surface area (TPSA) is 40.5 Å². The molecule has 2 rings (SSSR count). The average molecular weight is 410 g/mol. The smallest absolute Gasteiger partial charge is 0.194 e. The number of halogens is 1. The van der Waals surface area contributed by atoms with E-state index in [1.807, 2.05) is 56.4 Å². The van der Waals surface area contributed by atoms with E-state index in [4.69, 9.17) is 0 Å². The summed E-state index contributed by atoms with van der Waals surface area (Å²) >= 11 is 0. The van der Waals surface area contributed by atoms with E-state index in [2.05, 4.69) is 33.5 Å². The monoisotopic (exact) mass is 410 g/mol. The van der Waals surface area contributed by atoms with Crippen molar-refractivity contribution in [3.8, 4) is 0 Å². The molecule has 22 heavy (non-hydrogen) atoms. The van der Waals surface area contributed by atoms with E-state index in [-0.39, 0.29) is 24.0 Å². The van der Waals surface area contributed by atoms with Gasteiger partial charge in [-0.3, -0.25) is 4.98 Å². The molecule has 1 N–H and O–H groups in total. The third-order valence-corrected chi connectivity index (χ3v) is 3.10. The first-order valence-corrected chi connectivity index (χ1v) is 7.06. The molecule has 1 heterocycles. The summed E-state index contributed by atoms with van der Waals surface area (Å²) in [6.07, 6.45) is 1.88.